The lowest BCUT2D eigenvalue weighted by molar-refractivity contribution is -0.150. The van der Waals surface area contributed by atoms with Gasteiger partial charge in [-0.05, 0) is 42.3 Å². The standard InChI is InChI=1S/C16H17N3O4S.C7H6O3/c1-8-7-24-15-11(14(21)19(15)12(8)16(22)23)18-13(20)10(17)9-5-3-2-4-6-9;8-6-3-1-5(2-4-6)7(9)10/h2-6,10-11,15H,7,17H2,1H3,(H,18,20)(H,22,23);1-4,8H,(H,9,10)/t10-,11-,15-;/m1./s1. The second-order valence-corrected chi connectivity index (χ2v) is 8.68. The summed E-state index contributed by atoms with van der Waals surface area (Å²) in [6.45, 7) is 1.69. The molecule has 4 rings (SSSR count). The van der Waals surface area contributed by atoms with Crippen LogP contribution in [0.25, 0.3) is 0 Å². The van der Waals surface area contributed by atoms with E-state index in [1.165, 1.54) is 40.9 Å². The van der Waals surface area contributed by atoms with E-state index in [9.17, 15) is 24.3 Å². The van der Waals surface area contributed by atoms with Crippen molar-refractivity contribution in [3.63, 3.8) is 0 Å². The molecule has 0 aliphatic carbocycles. The number of β-lactam (4-membered cyclic amide) rings is 1. The van der Waals surface area contributed by atoms with E-state index in [4.69, 9.17) is 15.9 Å². The highest BCUT2D eigenvalue weighted by molar-refractivity contribution is 8.00. The zero-order valence-electron chi connectivity index (χ0n) is 18.0. The van der Waals surface area contributed by atoms with Crippen molar-refractivity contribution in [2.75, 3.05) is 5.75 Å². The molecule has 34 heavy (non-hydrogen) atoms. The molecule has 10 nitrogen and oxygen atoms in total. The number of carbonyl (C=O) groups excluding carboxylic acids is 2. The molecule has 0 spiro atoms. The van der Waals surface area contributed by atoms with Crippen LogP contribution in [0.1, 0.15) is 28.9 Å². The summed E-state index contributed by atoms with van der Waals surface area (Å²) in [7, 11) is 0. The zero-order chi connectivity index (χ0) is 25.0. The number of carboxylic acids is 2. The molecule has 2 aromatic carbocycles. The lowest BCUT2D eigenvalue weighted by Gasteiger charge is -2.49. The Bertz CT molecular complexity index is 1140. The minimum Gasteiger partial charge on any atom is -0.508 e. The van der Waals surface area contributed by atoms with Gasteiger partial charge in [-0.1, -0.05) is 30.3 Å². The van der Waals surface area contributed by atoms with Crippen molar-refractivity contribution in [3.8, 4) is 5.75 Å². The van der Waals surface area contributed by atoms with Crippen LogP contribution in [0.3, 0.4) is 0 Å². The molecule has 2 heterocycles. The van der Waals surface area contributed by atoms with Crippen LogP contribution >= 0.6 is 11.8 Å². The number of nitrogens with one attached hydrogen (secondary N) is 1. The predicted molar refractivity (Wildman–Crippen MR) is 124 cm³/mol. The molecule has 2 aliphatic rings. The fourth-order valence-electron chi connectivity index (χ4n) is 3.43. The molecule has 178 valence electrons. The lowest BCUT2D eigenvalue weighted by Crippen LogP contribution is -2.71. The number of carbonyl (C=O) groups is 4. The fraction of sp³-hybridized carbons (Fsp3) is 0.217. The monoisotopic (exact) mass is 485 g/mol. The molecule has 0 aromatic heterocycles. The zero-order valence-corrected chi connectivity index (χ0v) is 18.9. The van der Waals surface area contributed by atoms with Crippen molar-refractivity contribution in [2.24, 2.45) is 5.73 Å². The Morgan fingerprint density at radius 2 is 1.68 bits per heavy atom. The van der Waals surface area contributed by atoms with Crippen LogP contribution in [0.4, 0.5) is 0 Å². The van der Waals surface area contributed by atoms with Crippen molar-refractivity contribution >= 4 is 35.5 Å². The smallest absolute Gasteiger partial charge is 0.352 e. The molecule has 11 heteroatoms. The number of phenols is 1. The Morgan fingerprint density at radius 3 is 2.24 bits per heavy atom. The van der Waals surface area contributed by atoms with Gasteiger partial charge in [-0.2, -0.15) is 0 Å². The summed E-state index contributed by atoms with van der Waals surface area (Å²) < 4.78 is 0. The Hall–Kier alpha value is -3.83. The SMILES string of the molecule is CC1=C(C(=O)O)N2C(=O)[C@@H](NC(=O)[C@H](N)c3ccccc3)[C@H]2SC1.O=C(O)c1ccc(O)cc1. The number of aliphatic carboxylic acids is 1. The van der Waals surface area contributed by atoms with Crippen molar-refractivity contribution in [3.05, 3.63) is 77.0 Å². The van der Waals surface area contributed by atoms with Crippen molar-refractivity contribution < 1.29 is 34.5 Å². The number of phenolic OH excluding ortho intramolecular Hbond substituents is 1. The first-order valence-corrected chi connectivity index (χ1v) is 11.2. The lowest BCUT2D eigenvalue weighted by atomic mass is 10.0. The van der Waals surface area contributed by atoms with Gasteiger partial charge in [0.15, 0.2) is 0 Å². The number of amides is 2. The Morgan fingerprint density at radius 1 is 1.06 bits per heavy atom. The van der Waals surface area contributed by atoms with Gasteiger partial charge in [-0.25, -0.2) is 9.59 Å². The molecule has 2 amide bonds. The van der Waals surface area contributed by atoms with Crippen LogP contribution in [0.5, 0.6) is 5.75 Å². The highest BCUT2D eigenvalue weighted by atomic mass is 32.2. The number of fused-ring (bicyclic) bond motifs is 1. The van der Waals surface area contributed by atoms with E-state index in [0.717, 1.165) is 0 Å². The molecular formula is C23H23N3O7S. The summed E-state index contributed by atoms with van der Waals surface area (Å²) in [5.41, 5.74) is 7.41. The number of carboxylic acid groups (broad SMARTS) is 2. The van der Waals surface area contributed by atoms with E-state index in [0.29, 0.717) is 16.9 Å². The molecule has 6 N–H and O–H groups in total. The third-order valence-corrected chi connectivity index (χ3v) is 6.64. The maximum absolute atomic E-state index is 12.3. The largest absolute Gasteiger partial charge is 0.508 e. The highest BCUT2D eigenvalue weighted by Gasteiger charge is 2.53. The maximum Gasteiger partial charge on any atom is 0.352 e. The van der Waals surface area contributed by atoms with Crippen LogP contribution in [0.2, 0.25) is 0 Å². The van der Waals surface area contributed by atoms with Gasteiger partial charge in [0.1, 0.15) is 28.9 Å². The molecule has 1 saturated heterocycles. The van der Waals surface area contributed by atoms with E-state index in [1.807, 2.05) is 6.07 Å². The Labute approximate surface area is 199 Å². The first-order valence-electron chi connectivity index (χ1n) is 10.1. The molecule has 0 unspecified atom stereocenters. The predicted octanol–water partition coefficient (Wildman–Crippen LogP) is 1.54. The molecule has 2 aliphatic heterocycles. The van der Waals surface area contributed by atoms with Crippen LogP contribution in [0.15, 0.2) is 65.9 Å². The summed E-state index contributed by atoms with van der Waals surface area (Å²) in [5, 5.41) is 28.7. The first kappa shape index (κ1) is 24.8. The summed E-state index contributed by atoms with van der Waals surface area (Å²) in [6.07, 6.45) is 0. The highest BCUT2D eigenvalue weighted by Crippen LogP contribution is 2.40. The van der Waals surface area contributed by atoms with E-state index < -0.39 is 41.2 Å². The quantitative estimate of drug-likeness (QED) is 0.394. The first-order chi connectivity index (χ1) is 16.1. The number of nitrogens with zero attached hydrogens (tertiary/aromatic N) is 1. The number of benzene rings is 2. The summed E-state index contributed by atoms with van der Waals surface area (Å²) in [5.74, 6) is -2.41. The molecular weight excluding hydrogens is 462 g/mol. The van der Waals surface area contributed by atoms with E-state index in [1.54, 1.807) is 31.2 Å². The van der Waals surface area contributed by atoms with Gasteiger partial charge in [0.25, 0.3) is 5.91 Å². The summed E-state index contributed by atoms with van der Waals surface area (Å²) in [4.78, 5) is 47.4. The average Bonchev–Trinajstić information content (AvgIpc) is 2.82. The number of aromatic hydroxyl groups is 1. The van der Waals surface area contributed by atoms with Gasteiger partial charge >= 0.3 is 11.9 Å². The molecule has 3 atom stereocenters. The van der Waals surface area contributed by atoms with Crippen LogP contribution < -0.4 is 11.1 Å². The van der Waals surface area contributed by atoms with Gasteiger partial charge in [0.05, 0.1) is 5.56 Å². The van der Waals surface area contributed by atoms with Crippen LogP contribution in [-0.2, 0) is 14.4 Å². The van der Waals surface area contributed by atoms with Crippen molar-refractivity contribution in [1.29, 1.82) is 0 Å². The van der Waals surface area contributed by atoms with Gasteiger partial charge in [0, 0.05) is 5.75 Å². The third kappa shape index (κ3) is 5.21. The Kier molecular flexibility index (Phi) is 7.59. The van der Waals surface area contributed by atoms with Gasteiger partial charge < -0.3 is 26.4 Å². The number of nitrogens with two attached hydrogens (primary N) is 1. The van der Waals surface area contributed by atoms with Gasteiger partial charge in [-0.15, -0.1) is 11.8 Å². The van der Waals surface area contributed by atoms with Crippen LogP contribution in [0, 0.1) is 0 Å². The Balaban J connectivity index is 0.000000271. The normalized spacial score (nSPS) is 19.7. The minimum atomic E-state index is -1.13. The van der Waals surface area contributed by atoms with Crippen molar-refractivity contribution in [2.45, 2.75) is 24.4 Å². The topological polar surface area (TPSA) is 170 Å². The number of hydrogen-bond donors (Lipinski definition) is 5. The molecule has 2 aromatic rings. The number of aromatic carboxylic acids is 1. The van der Waals surface area contributed by atoms with Crippen LogP contribution in [-0.4, -0.2) is 61.1 Å². The number of thioether (sulfide) groups is 1. The average molecular weight is 486 g/mol. The summed E-state index contributed by atoms with van der Waals surface area (Å²) >= 11 is 1.43. The molecule has 0 saturated carbocycles. The third-order valence-electron chi connectivity index (χ3n) is 5.21. The second kappa shape index (κ2) is 10.4. The minimum absolute atomic E-state index is 0.0154. The molecule has 0 radical (unpaired) electrons. The fourth-order valence-corrected chi connectivity index (χ4v) is 4.73. The van der Waals surface area contributed by atoms with Gasteiger partial charge in [-0.3, -0.25) is 14.5 Å². The molecule has 0 bridgehead atoms. The van der Waals surface area contributed by atoms with E-state index >= 15 is 0 Å². The number of rotatable bonds is 5. The number of hydrogen-bond acceptors (Lipinski definition) is 7. The maximum atomic E-state index is 12.3. The molecule has 1 fully saturated rings. The van der Waals surface area contributed by atoms with E-state index in [2.05, 4.69) is 5.32 Å². The van der Waals surface area contributed by atoms with E-state index in [-0.39, 0.29) is 17.0 Å². The second-order valence-electron chi connectivity index (χ2n) is 7.57. The summed E-state index contributed by atoms with van der Waals surface area (Å²) in [6, 6.07) is 12.6. The van der Waals surface area contributed by atoms with Crippen molar-refractivity contribution in [1.82, 2.24) is 10.2 Å². The van der Waals surface area contributed by atoms with Gasteiger partial charge in [0.2, 0.25) is 5.91 Å².